The quantitative estimate of drug-likeness (QED) is 0.538. The van der Waals surface area contributed by atoms with Gasteiger partial charge in [-0.1, -0.05) is 0 Å². The molecule has 53 valence electrons. The minimum atomic E-state index is -0.371. The van der Waals surface area contributed by atoms with Gasteiger partial charge < -0.3 is 0 Å². The molecule has 0 spiro atoms. The molecule has 0 atom stereocenters. The molecule has 1 aromatic rings. The van der Waals surface area contributed by atoms with Crippen LogP contribution in [0, 0.1) is 0 Å². The van der Waals surface area contributed by atoms with Gasteiger partial charge in [-0.2, -0.15) is 0 Å². The molecule has 0 unspecified atom stereocenters. The third-order valence-electron chi connectivity index (χ3n) is 1.64. The molecule has 11 heavy (non-hydrogen) atoms. The van der Waals surface area contributed by atoms with E-state index in [0.717, 1.165) is 29.7 Å². The third kappa shape index (κ3) is 1.24. The van der Waals surface area contributed by atoms with Crippen molar-refractivity contribution in [3.8, 4) is 0 Å². The second-order valence-electron chi connectivity index (χ2n) is 2.77. The Kier molecular flexibility index (Phi) is 1.41. The van der Waals surface area contributed by atoms with Crippen molar-refractivity contribution in [3.63, 3.8) is 0 Å². The predicted octanol–water partition coefficient (Wildman–Crippen LogP) is 0.641. The van der Waals surface area contributed by atoms with Gasteiger partial charge in [0.2, 0.25) is 0 Å². The zero-order valence-electron chi connectivity index (χ0n) is 6.09. The predicted molar refractivity (Wildman–Crippen MR) is 40.6 cm³/mol. The molecule has 4 N–H and O–H groups in total. The van der Waals surface area contributed by atoms with Crippen LogP contribution in [0.25, 0.3) is 0 Å². The Labute approximate surface area is 75.0 Å². The molecule has 1 aliphatic rings. The summed E-state index contributed by atoms with van der Waals surface area (Å²) in [5, 5.41) is 6.39. The molecule has 3 nitrogen and oxygen atoms in total. The van der Waals surface area contributed by atoms with E-state index in [-0.39, 0.29) is 4.38 Å². The SMILES string of the molecule is N[C]1([Zn])Nc2ccccc2N1. The van der Waals surface area contributed by atoms with E-state index in [2.05, 4.69) is 10.6 Å². The van der Waals surface area contributed by atoms with Crippen molar-refractivity contribution in [2.75, 3.05) is 10.6 Å². The first-order valence-corrected chi connectivity index (χ1v) is 4.95. The van der Waals surface area contributed by atoms with Crippen LogP contribution in [0.15, 0.2) is 24.3 Å². The van der Waals surface area contributed by atoms with Crippen LogP contribution in [0.5, 0.6) is 0 Å². The number of para-hydroxylation sites is 2. The Bertz CT molecular complexity index is 258. The Morgan fingerprint density at radius 1 is 1.18 bits per heavy atom. The van der Waals surface area contributed by atoms with Gasteiger partial charge >= 0.3 is 74.7 Å². The molecule has 0 aromatic heterocycles. The van der Waals surface area contributed by atoms with Crippen molar-refractivity contribution in [3.05, 3.63) is 24.3 Å². The fourth-order valence-electron chi connectivity index (χ4n) is 1.21. The van der Waals surface area contributed by atoms with E-state index in [4.69, 9.17) is 5.73 Å². The first kappa shape index (κ1) is 7.07. The van der Waals surface area contributed by atoms with Gasteiger partial charge in [0.25, 0.3) is 0 Å². The van der Waals surface area contributed by atoms with Crippen LogP contribution in [0.4, 0.5) is 11.4 Å². The summed E-state index contributed by atoms with van der Waals surface area (Å²) in [6.07, 6.45) is 0. The summed E-state index contributed by atoms with van der Waals surface area (Å²) in [5.41, 5.74) is 8.06. The normalized spacial score (nSPS) is 18.5. The standard InChI is InChI=1S/C7H8N3.Zn/c8-7-9-5-3-1-2-4-6(5)10-7;/h1-4,9-10H,8H2;. The number of hydrogen-bond donors (Lipinski definition) is 3. The maximum atomic E-state index is 5.86. The number of fused-ring (bicyclic) bond motifs is 1. The van der Waals surface area contributed by atoms with Gasteiger partial charge in [0.05, 0.1) is 0 Å². The Hall–Kier alpha value is -0.597. The molecule has 1 heterocycles. The number of nitrogens with two attached hydrogens (primary N) is 1. The van der Waals surface area contributed by atoms with Crippen molar-refractivity contribution in [1.82, 2.24) is 0 Å². The monoisotopic (exact) mass is 198 g/mol. The first-order valence-electron chi connectivity index (χ1n) is 3.47. The van der Waals surface area contributed by atoms with Crippen LogP contribution in [0.1, 0.15) is 0 Å². The summed E-state index contributed by atoms with van der Waals surface area (Å²) in [4.78, 5) is 0. The average Bonchev–Trinajstić information content (AvgIpc) is 2.21. The number of benzene rings is 1. The molecule has 0 aliphatic carbocycles. The van der Waals surface area contributed by atoms with Gasteiger partial charge in [0, 0.05) is 0 Å². The van der Waals surface area contributed by atoms with E-state index < -0.39 is 0 Å². The maximum absolute atomic E-state index is 5.86. The minimum absolute atomic E-state index is 0.371. The number of hydrogen-bond acceptors (Lipinski definition) is 3. The zero-order chi connectivity index (χ0) is 7.90. The summed E-state index contributed by atoms with van der Waals surface area (Å²) in [6, 6.07) is 8.03. The van der Waals surface area contributed by atoms with Crippen LogP contribution in [-0.2, 0) is 18.3 Å². The number of rotatable bonds is 0. The molecule has 0 saturated heterocycles. The van der Waals surface area contributed by atoms with Crippen LogP contribution >= 0.6 is 0 Å². The molecule has 1 aromatic carbocycles. The van der Waals surface area contributed by atoms with E-state index in [1.807, 2.05) is 24.3 Å². The van der Waals surface area contributed by atoms with E-state index in [1.165, 1.54) is 0 Å². The topological polar surface area (TPSA) is 50.1 Å². The average molecular weight is 200 g/mol. The molecule has 0 amide bonds. The molecule has 0 saturated carbocycles. The summed E-state index contributed by atoms with van der Waals surface area (Å²) >= 11 is 0.974. The zero-order valence-corrected chi connectivity index (χ0v) is 9.06. The molecule has 0 fully saturated rings. The van der Waals surface area contributed by atoms with Crippen LogP contribution < -0.4 is 16.4 Å². The summed E-state index contributed by atoms with van der Waals surface area (Å²) < 4.78 is -0.371. The second-order valence-corrected chi connectivity index (χ2v) is 5.11. The number of nitrogens with one attached hydrogen (secondary N) is 2. The van der Waals surface area contributed by atoms with E-state index in [1.54, 1.807) is 0 Å². The van der Waals surface area contributed by atoms with Crippen molar-refractivity contribution >= 4 is 11.4 Å². The van der Waals surface area contributed by atoms with Crippen molar-refractivity contribution in [1.29, 1.82) is 0 Å². The van der Waals surface area contributed by atoms with Crippen molar-refractivity contribution in [2.45, 2.75) is 4.38 Å². The van der Waals surface area contributed by atoms with Crippen LogP contribution in [0.2, 0.25) is 0 Å². The molecule has 0 radical (unpaired) electrons. The number of anilines is 2. The summed E-state index contributed by atoms with van der Waals surface area (Å²) in [7, 11) is 0. The van der Waals surface area contributed by atoms with Gasteiger partial charge in [-0.25, -0.2) is 0 Å². The fraction of sp³-hybridized carbons (Fsp3) is 0.143. The van der Waals surface area contributed by atoms with Gasteiger partial charge in [-0.15, -0.1) is 0 Å². The Balaban J connectivity index is 2.41. The van der Waals surface area contributed by atoms with Gasteiger partial charge in [0.1, 0.15) is 0 Å². The van der Waals surface area contributed by atoms with Crippen molar-refractivity contribution < 1.29 is 18.3 Å². The summed E-state index contributed by atoms with van der Waals surface area (Å²) in [6.45, 7) is 0. The third-order valence-corrected chi connectivity index (χ3v) is 2.38. The summed E-state index contributed by atoms with van der Waals surface area (Å²) in [5.74, 6) is 0. The fourth-order valence-corrected chi connectivity index (χ4v) is 2.01. The van der Waals surface area contributed by atoms with E-state index in [0.29, 0.717) is 0 Å². The van der Waals surface area contributed by atoms with E-state index in [9.17, 15) is 0 Å². The molecule has 4 heteroatoms. The van der Waals surface area contributed by atoms with E-state index >= 15 is 0 Å². The van der Waals surface area contributed by atoms with Gasteiger partial charge in [0.15, 0.2) is 0 Å². The first-order chi connectivity index (χ1) is 5.17. The molecule has 2 rings (SSSR count). The molecular formula is C7H8N3Zn. The molecular weight excluding hydrogens is 191 g/mol. The molecule has 1 aliphatic heterocycles. The van der Waals surface area contributed by atoms with Crippen LogP contribution in [-0.4, -0.2) is 4.38 Å². The molecule has 0 bridgehead atoms. The van der Waals surface area contributed by atoms with Gasteiger partial charge in [-0.05, 0) is 0 Å². The van der Waals surface area contributed by atoms with Gasteiger partial charge in [-0.3, -0.25) is 0 Å². The Morgan fingerprint density at radius 2 is 1.64 bits per heavy atom. The van der Waals surface area contributed by atoms with Crippen LogP contribution in [0.3, 0.4) is 0 Å². The Morgan fingerprint density at radius 3 is 2.09 bits per heavy atom. The van der Waals surface area contributed by atoms with Crippen molar-refractivity contribution in [2.24, 2.45) is 5.73 Å². The second kappa shape index (κ2) is 2.19.